The number of likely N-dealkylation sites (tertiary alicyclic amines) is 2. The van der Waals surface area contributed by atoms with Crippen molar-refractivity contribution >= 4 is 17.6 Å². The number of aryl methyl sites for hydroxylation is 1. The van der Waals surface area contributed by atoms with Crippen molar-refractivity contribution in [1.29, 1.82) is 0 Å². The van der Waals surface area contributed by atoms with Gasteiger partial charge in [-0.15, -0.1) is 0 Å². The van der Waals surface area contributed by atoms with Crippen molar-refractivity contribution in [3.05, 3.63) is 12.3 Å². The minimum absolute atomic E-state index is 0.00749. The number of carbonyl (C=O) groups excluding carboxylic acids is 2. The highest BCUT2D eigenvalue weighted by Crippen LogP contribution is 2.30. The number of hydrogen-bond acceptors (Lipinski definition) is 5. The lowest BCUT2D eigenvalue weighted by Gasteiger charge is -2.43. The molecule has 1 aromatic rings. The molecule has 2 aliphatic rings. The van der Waals surface area contributed by atoms with Gasteiger partial charge < -0.3 is 19.9 Å². The average Bonchev–Trinajstić information content (AvgIpc) is 3.31. The zero-order valence-electron chi connectivity index (χ0n) is 15.7. The lowest BCUT2D eigenvalue weighted by molar-refractivity contribution is -0.142. The van der Waals surface area contributed by atoms with Gasteiger partial charge in [0, 0.05) is 52.1 Å². The normalized spacial score (nSPS) is 19.6. The van der Waals surface area contributed by atoms with Gasteiger partial charge in [0.1, 0.15) is 18.0 Å². The van der Waals surface area contributed by atoms with Crippen LogP contribution < -0.4 is 5.32 Å². The van der Waals surface area contributed by atoms with Gasteiger partial charge in [0.15, 0.2) is 0 Å². The fraction of sp³-hybridized carbons (Fsp3) is 0.722. The van der Waals surface area contributed by atoms with Crippen molar-refractivity contribution in [3.63, 3.8) is 0 Å². The predicted octanol–water partition coefficient (Wildman–Crippen LogP) is 0.852. The second kappa shape index (κ2) is 8.07. The average molecular weight is 363 g/mol. The predicted molar refractivity (Wildman–Crippen MR) is 97.7 cm³/mol. The van der Waals surface area contributed by atoms with Crippen LogP contribution in [0, 0.1) is 0 Å². The van der Waals surface area contributed by atoms with Crippen LogP contribution >= 0.6 is 0 Å². The maximum atomic E-state index is 13.3. The van der Waals surface area contributed by atoms with E-state index in [1.165, 1.54) is 0 Å². The number of rotatable bonds is 6. The third-order valence-corrected chi connectivity index (χ3v) is 5.28. The van der Waals surface area contributed by atoms with E-state index in [9.17, 15) is 9.59 Å². The largest absolute Gasteiger partial charge is 0.372 e. The molecule has 0 radical (unpaired) electrons. The Morgan fingerprint density at radius 2 is 1.88 bits per heavy atom. The SMILES string of the molecule is CCOCC(=O)N1CCC(Nc2ccn(C)n2)(C(=O)N2CCCC2)CC1. The molecule has 3 rings (SSSR count). The van der Waals surface area contributed by atoms with Gasteiger partial charge >= 0.3 is 0 Å². The van der Waals surface area contributed by atoms with Gasteiger partial charge in [-0.3, -0.25) is 14.3 Å². The Morgan fingerprint density at radius 1 is 1.19 bits per heavy atom. The van der Waals surface area contributed by atoms with E-state index in [0.717, 1.165) is 25.9 Å². The molecule has 8 heteroatoms. The summed E-state index contributed by atoms with van der Waals surface area (Å²) < 4.78 is 6.95. The molecule has 8 nitrogen and oxygen atoms in total. The lowest BCUT2D eigenvalue weighted by atomic mass is 9.85. The number of ether oxygens (including phenoxy) is 1. The van der Waals surface area contributed by atoms with Gasteiger partial charge in [0.05, 0.1) is 0 Å². The Hall–Kier alpha value is -2.09. The molecule has 0 spiro atoms. The Kier molecular flexibility index (Phi) is 5.80. The summed E-state index contributed by atoms with van der Waals surface area (Å²) in [5, 5.41) is 7.79. The molecule has 0 atom stereocenters. The number of aromatic nitrogens is 2. The molecule has 1 aromatic heterocycles. The molecule has 26 heavy (non-hydrogen) atoms. The van der Waals surface area contributed by atoms with Crippen LogP contribution in [0.3, 0.4) is 0 Å². The molecule has 0 saturated carbocycles. The number of hydrogen-bond donors (Lipinski definition) is 1. The lowest BCUT2D eigenvalue weighted by Crippen LogP contribution is -2.59. The maximum absolute atomic E-state index is 13.3. The smallest absolute Gasteiger partial charge is 0.248 e. The fourth-order valence-corrected chi connectivity index (χ4v) is 3.76. The van der Waals surface area contributed by atoms with Crippen LogP contribution in [0.2, 0.25) is 0 Å². The first-order chi connectivity index (χ1) is 12.5. The fourth-order valence-electron chi connectivity index (χ4n) is 3.76. The van der Waals surface area contributed by atoms with E-state index >= 15 is 0 Å². The van der Waals surface area contributed by atoms with Crippen molar-refractivity contribution < 1.29 is 14.3 Å². The monoisotopic (exact) mass is 363 g/mol. The second-order valence-electron chi connectivity index (χ2n) is 7.10. The zero-order chi connectivity index (χ0) is 18.6. The van der Waals surface area contributed by atoms with Crippen LogP contribution in [0.5, 0.6) is 0 Å². The number of carbonyl (C=O) groups is 2. The van der Waals surface area contributed by atoms with Crippen molar-refractivity contribution in [2.24, 2.45) is 7.05 Å². The molecule has 144 valence electrons. The standard InChI is InChI=1S/C18H29N5O3/c1-3-26-14-16(24)22-12-7-18(8-13-22,17(25)23-9-4-5-10-23)19-15-6-11-21(2)20-15/h6,11H,3-5,7-10,12-14H2,1-2H3,(H,19,20). The summed E-state index contributed by atoms with van der Waals surface area (Å²) in [4.78, 5) is 29.3. The summed E-state index contributed by atoms with van der Waals surface area (Å²) in [5.41, 5.74) is -0.693. The highest BCUT2D eigenvalue weighted by molar-refractivity contribution is 5.90. The summed E-state index contributed by atoms with van der Waals surface area (Å²) in [6, 6.07) is 1.88. The van der Waals surface area contributed by atoms with Crippen molar-refractivity contribution in [2.45, 2.75) is 38.1 Å². The molecule has 0 unspecified atom stereocenters. The highest BCUT2D eigenvalue weighted by atomic mass is 16.5. The van der Waals surface area contributed by atoms with Crippen LogP contribution in [0.25, 0.3) is 0 Å². The van der Waals surface area contributed by atoms with E-state index in [1.807, 2.05) is 31.1 Å². The quantitative estimate of drug-likeness (QED) is 0.811. The van der Waals surface area contributed by atoms with Crippen LogP contribution in [0.1, 0.15) is 32.6 Å². The van der Waals surface area contributed by atoms with Crippen molar-refractivity contribution in [2.75, 3.05) is 44.7 Å². The Morgan fingerprint density at radius 3 is 2.46 bits per heavy atom. The summed E-state index contributed by atoms with van der Waals surface area (Å²) in [6.07, 6.45) is 5.14. The number of anilines is 1. The molecule has 0 bridgehead atoms. The zero-order valence-corrected chi connectivity index (χ0v) is 15.7. The molecule has 0 aromatic carbocycles. The van der Waals surface area contributed by atoms with Crippen LogP contribution in [0.15, 0.2) is 12.3 Å². The molecular formula is C18H29N5O3. The number of nitrogens with zero attached hydrogens (tertiary/aromatic N) is 4. The first-order valence-electron chi connectivity index (χ1n) is 9.47. The van der Waals surface area contributed by atoms with Crippen LogP contribution in [-0.2, 0) is 21.4 Å². The Labute approximate surface area is 154 Å². The van der Waals surface area contributed by atoms with Gasteiger partial charge in [-0.2, -0.15) is 5.10 Å². The molecule has 0 aliphatic carbocycles. The highest BCUT2D eigenvalue weighted by Gasteiger charge is 2.45. The van der Waals surface area contributed by atoms with Crippen LogP contribution in [0.4, 0.5) is 5.82 Å². The summed E-state index contributed by atoms with van der Waals surface area (Å²) in [5.74, 6) is 0.832. The van der Waals surface area contributed by atoms with E-state index in [4.69, 9.17) is 4.74 Å². The summed E-state index contributed by atoms with van der Waals surface area (Å²) in [7, 11) is 1.86. The summed E-state index contributed by atoms with van der Waals surface area (Å²) in [6.45, 7) is 5.24. The van der Waals surface area contributed by atoms with E-state index in [0.29, 0.717) is 38.4 Å². The van der Waals surface area contributed by atoms with Crippen LogP contribution in [-0.4, -0.2) is 76.3 Å². The van der Waals surface area contributed by atoms with E-state index in [1.54, 1.807) is 9.58 Å². The minimum Gasteiger partial charge on any atom is -0.372 e. The molecular weight excluding hydrogens is 334 g/mol. The molecule has 2 saturated heterocycles. The van der Waals surface area contributed by atoms with Crippen molar-refractivity contribution in [1.82, 2.24) is 19.6 Å². The molecule has 2 fully saturated rings. The first-order valence-corrected chi connectivity index (χ1v) is 9.47. The summed E-state index contributed by atoms with van der Waals surface area (Å²) >= 11 is 0. The van der Waals surface area contributed by atoms with Gasteiger partial charge in [-0.25, -0.2) is 0 Å². The molecule has 1 N–H and O–H groups in total. The molecule has 3 heterocycles. The Bertz CT molecular complexity index is 631. The Balaban J connectivity index is 1.72. The second-order valence-corrected chi connectivity index (χ2v) is 7.10. The topological polar surface area (TPSA) is 79.7 Å². The van der Waals surface area contributed by atoms with Gasteiger partial charge in [0.2, 0.25) is 11.8 Å². The third kappa shape index (κ3) is 4.00. The first kappa shape index (κ1) is 18.7. The van der Waals surface area contributed by atoms with E-state index in [-0.39, 0.29) is 18.4 Å². The minimum atomic E-state index is -0.693. The van der Waals surface area contributed by atoms with Gasteiger partial charge in [-0.05, 0) is 32.6 Å². The van der Waals surface area contributed by atoms with E-state index < -0.39 is 5.54 Å². The van der Waals surface area contributed by atoms with E-state index in [2.05, 4.69) is 10.4 Å². The van der Waals surface area contributed by atoms with Crippen molar-refractivity contribution in [3.8, 4) is 0 Å². The van der Waals surface area contributed by atoms with Gasteiger partial charge in [-0.1, -0.05) is 0 Å². The number of amides is 2. The number of piperidine rings is 1. The maximum Gasteiger partial charge on any atom is 0.248 e. The van der Waals surface area contributed by atoms with Gasteiger partial charge in [0.25, 0.3) is 0 Å². The number of nitrogens with one attached hydrogen (secondary N) is 1. The molecule has 2 amide bonds. The molecule has 2 aliphatic heterocycles. The third-order valence-electron chi connectivity index (χ3n) is 5.28.